The van der Waals surface area contributed by atoms with Gasteiger partial charge in [0, 0.05) is 0 Å². The van der Waals surface area contributed by atoms with Crippen LogP contribution in [0.4, 0.5) is 0 Å². The van der Waals surface area contributed by atoms with Crippen LogP contribution in [0.1, 0.15) is 6.92 Å². The zero-order valence-electron chi connectivity index (χ0n) is 4.32. The molecule has 0 unspecified atom stereocenters. The van der Waals surface area contributed by atoms with Crippen molar-refractivity contribution < 1.29 is 4.79 Å². The summed E-state index contributed by atoms with van der Waals surface area (Å²) in [4.78, 5) is 10.0. The number of hydrogen-bond acceptors (Lipinski definition) is 1. The molecule has 0 amide bonds. The molecule has 0 aliphatic heterocycles. The minimum Gasteiger partial charge on any atom is -0.301 e. The van der Waals surface area contributed by atoms with E-state index >= 15 is 0 Å². The topological polar surface area (TPSA) is 17.1 Å². The first-order valence-corrected chi connectivity index (χ1v) is 2.26. The molecule has 0 bridgehead atoms. The van der Waals surface area contributed by atoms with Gasteiger partial charge in [-0.2, -0.15) is 0 Å². The molecular weight excluding hydrogens is 74.9 g/mol. The van der Waals surface area contributed by atoms with Crippen LogP contribution >= 0.6 is 0 Å². The average molecular weight is 83.9 g/mol. The second kappa shape index (κ2) is 2.95. The lowest BCUT2D eigenvalue weighted by atomic mass is 9.77. The van der Waals surface area contributed by atoms with Gasteiger partial charge in [0.2, 0.25) is 0 Å². The van der Waals surface area contributed by atoms with Crippen LogP contribution in [-0.2, 0) is 4.79 Å². The van der Waals surface area contributed by atoms with Crippen molar-refractivity contribution >= 4 is 13.1 Å². The van der Waals surface area contributed by atoms with Crippen LogP contribution in [-0.4, -0.2) is 13.1 Å². The fourth-order valence-electron chi connectivity index (χ4n) is 0.352. The molecule has 2 heteroatoms. The molecule has 0 N–H and O–H groups in total. The first-order chi connectivity index (χ1) is 2.77. The van der Waals surface area contributed by atoms with E-state index in [4.69, 9.17) is 0 Å². The van der Waals surface area contributed by atoms with Crippen molar-refractivity contribution in [2.75, 3.05) is 0 Å². The van der Waals surface area contributed by atoms with Crippen molar-refractivity contribution in [2.24, 2.45) is 0 Å². The monoisotopic (exact) mass is 84.1 g/mol. The van der Waals surface area contributed by atoms with Gasteiger partial charge in [0.15, 0.2) is 0 Å². The van der Waals surface area contributed by atoms with Gasteiger partial charge >= 0.3 is 0 Å². The van der Waals surface area contributed by atoms with Crippen molar-refractivity contribution in [1.29, 1.82) is 0 Å². The Morgan fingerprint density at radius 2 is 2.33 bits per heavy atom. The quantitative estimate of drug-likeness (QED) is 0.444. The molecule has 0 radical (unpaired) electrons. The Kier molecular flexibility index (Phi) is 2.82. The van der Waals surface area contributed by atoms with Gasteiger partial charge < -0.3 is 4.79 Å². The number of carbonyl (C=O) groups excluding carboxylic acids is 1. The Hall–Kier alpha value is -0.265. The van der Waals surface area contributed by atoms with E-state index in [1.807, 2.05) is 6.82 Å². The molecule has 0 aliphatic carbocycles. The average Bonchev–Trinajstić information content (AvgIpc) is 1.35. The highest BCUT2D eigenvalue weighted by Crippen LogP contribution is 1.76. The molecule has 6 heavy (non-hydrogen) atoms. The largest absolute Gasteiger partial charge is 0.301 e. The summed E-state index contributed by atoms with van der Waals surface area (Å²) in [5.41, 5.74) is 0. The van der Waals surface area contributed by atoms with Gasteiger partial charge in [-0.05, 0) is 13.2 Å². The van der Waals surface area contributed by atoms with Crippen LogP contribution in [0.2, 0.25) is 13.1 Å². The lowest BCUT2D eigenvalue weighted by molar-refractivity contribution is -0.114. The second-order valence-corrected chi connectivity index (χ2v) is 1.45. The van der Waals surface area contributed by atoms with Gasteiger partial charge in [-0.15, -0.1) is 0 Å². The Morgan fingerprint density at radius 3 is 2.33 bits per heavy atom. The summed E-state index contributed by atoms with van der Waals surface area (Å²) < 4.78 is 0. The van der Waals surface area contributed by atoms with Crippen LogP contribution in [0.25, 0.3) is 0 Å². The highest BCUT2D eigenvalue weighted by molar-refractivity contribution is 6.39. The molecule has 34 valence electrons. The number of carbonyl (C=O) groups is 1. The summed E-state index contributed by atoms with van der Waals surface area (Å²) in [7, 11) is 0.981. The molecule has 0 aliphatic rings. The zero-order valence-corrected chi connectivity index (χ0v) is 4.32. The molecule has 0 saturated carbocycles. The summed E-state index contributed by atoms with van der Waals surface area (Å²) >= 11 is 0. The van der Waals surface area contributed by atoms with E-state index in [0.717, 1.165) is 13.6 Å². The van der Waals surface area contributed by atoms with Crippen molar-refractivity contribution in [3.05, 3.63) is 0 Å². The summed E-state index contributed by atoms with van der Waals surface area (Å²) in [5, 5.41) is 0. The molecule has 0 aromatic carbocycles. The normalized spacial score (nSPS) is 7.67. The van der Waals surface area contributed by atoms with Crippen molar-refractivity contribution in [3.8, 4) is 0 Å². The highest BCUT2D eigenvalue weighted by atomic mass is 16.1. The van der Waals surface area contributed by atoms with Crippen molar-refractivity contribution in [3.63, 3.8) is 0 Å². The highest BCUT2D eigenvalue weighted by Gasteiger charge is 1.85. The zero-order chi connectivity index (χ0) is 4.99. The Labute approximate surface area is 39.0 Å². The Balaban J connectivity index is 2.83. The van der Waals surface area contributed by atoms with Gasteiger partial charge in [0.1, 0.15) is 13.1 Å². The van der Waals surface area contributed by atoms with Gasteiger partial charge in [-0.3, -0.25) is 0 Å². The smallest absolute Gasteiger partial charge is 0.126 e. The molecular formula is C4H9BO. The van der Waals surface area contributed by atoms with Crippen molar-refractivity contribution in [1.82, 2.24) is 0 Å². The molecule has 0 saturated heterocycles. The predicted molar refractivity (Wildman–Crippen MR) is 28.5 cm³/mol. The number of hydrogen-bond donors (Lipinski definition) is 0. The van der Waals surface area contributed by atoms with E-state index in [0.29, 0.717) is 0 Å². The maximum absolute atomic E-state index is 10.0. The van der Waals surface area contributed by atoms with Crippen molar-refractivity contribution in [2.45, 2.75) is 20.1 Å². The van der Waals surface area contributed by atoms with Gasteiger partial charge in [-0.25, -0.2) is 0 Å². The fourth-order valence-corrected chi connectivity index (χ4v) is 0.352. The van der Waals surface area contributed by atoms with Crippen LogP contribution in [0.3, 0.4) is 0 Å². The van der Waals surface area contributed by atoms with E-state index in [-0.39, 0.29) is 5.78 Å². The first-order valence-electron chi connectivity index (χ1n) is 2.26. The molecule has 0 aromatic heterocycles. The van der Waals surface area contributed by atoms with E-state index in [9.17, 15) is 4.79 Å². The van der Waals surface area contributed by atoms with Crippen LogP contribution < -0.4 is 0 Å². The fraction of sp³-hybridized carbons (Fsp3) is 0.750. The third-order valence-corrected chi connectivity index (χ3v) is 0.602. The van der Waals surface area contributed by atoms with E-state index in [1.54, 1.807) is 6.92 Å². The van der Waals surface area contributed by atoms with Crippen LogP contribution in [0, 0.1) is 0 Å². The Morgan fingerprint density at radius 1 is 1.83 bits per heavy atom. The number of rotatable bonds is 2. The standard InChI is InChI=1S/C4H9BO/c1-4(6)3-5-2/h5H,3H2,1-2H3. The Bertz CT molecular complexity index is 51.5. The number of ketones is 1. The molecule has 0 rings (SSSR count). The number of Topliss-reactive ketones (excluding diaryl/α,β-unsaturated/α-hetero) is 1. The van der Waals surface area contributed by atoms with Gasteiger partial charge in [-0.1, -0.05) is 6.82 Å². The molecule has 1 nitrogen and oxygen atoms in total. The summed E-state index contributed by atoms with van der Waals surface area (Å²) in [6.07, 6.45) is 0.736. The van der Waals surface area contributed by atoms with Crippen LogP contribution in [0.5, 0.6) is 0 Å². The minimum atomic E-state index is 0.289. The van der Waals surface area contributed by atoms with E-state index < -0.39 is 0 Å². The minimum absolute atomic E-state index is 0.289. The lowest BCUT2D eigenvalue weighted by Gasteiger charge is -1.78. The summed E-state index contributed by atoms with van der Waals surface area (Å²) in [6, 6.07) is 0. The first kappa shape index (κ1) is 5.73. The maximum atomic E-state index is 10.0. The van der Waals surface area contributed by atoms with Gasteiger partial charge in [0.05, 0.1) is 0 Å². The van der Waals surface area contributed by atoms with Gasteiger partial charge in [0.25, 0.3) is 0 Å². The lowest BCUT2D eigenvalue weighted by Crippen LogP contribution is -1.90. The predicted octanol–water partition coefficient (Wildman–Crippen LogP) is 0.478. The molecule has 0 spiro atoms. The van der Waals surface area contributed by atoms with E-state index in [2.05, 4.69) is 0 Å². The summed E-state index contributed by atoms with van der Waals surface area (Å²) in [5.74, 6) is 0.289. The molecule has 0 heterocycles. The molecule has 0 aromatic rings. The SMILES string of the molecule is CBCC(C)=O. The molecule has 0 fully saturated rings. The second-order valence-electron chi connectivity index (χ2n) is 1.45. The maximum Gasteiger partial charge on any atom is 0.126 e. The van der Waals surface area contributed by atoms with E-state index in [1.165, 1.54) is 0 Å². The van der Waals surface area contributed by atoms with Crippen LogP contribution in [0.15, 0.2) is 0 Å². The third-order valence-electron chi connectivity index (χ3n) is 0.602. The summed E-state index contributed by atoms with van der Waals surface area (Å²) in [6.45, 7) is 3.62. The molecule has 0 atom stereocenters. The third kappa shape index (κ3) is 3.73.